The summed E-state index contributed by atoms with van der Waals surface area (Å²) in [5, 5.41) is 0. The first kappa shape index (κ1) is 16.3. The molecule has 0 aliphatic rings. The Kier molecular flexibility index (Phi) is 6.36. The van der Waals surface area contributed by atoms with Gasteiger partial charge in [-0.1, -0.05) is 0 Å². The lowest BCUT2D eigenvalue weighted by atomic mass is 10.2. The van der Waals surface area contributed by atoms with E-state index in [9.17, 15) is 8.42 Å². The fraction of sp³-hybridized carbons (Fsp3) is 0.429. The van der Waals surface area contributed by atoms with Crippen LogP contribution in [0.1, 0.15) is 26.2 Å². The number of hydrogen-bond acceptors (Lipinski definition) is 4. The van der Waals surface area contributed by atoms with Gasteiger partial charge in [-0.2, -0.15) is 0 Å². The summed E-state index contributed by atoms with van der Waals surface area (Å²) in [6, 6.07) is 4.57. The molecule has 1 rings (SSSR count). The number of hydrogen-bond donors (Lipinski definition) is 2. The average molecular weight is 296 g/mol. The number of nitrogens with one attached hydrogen (secondary N) is 1. The SMILES string of the molecule is C#CCCCCNS(=O)(=O)c1cc(N)ccc1OCC. The van der Waals surface area contributed by atoms with E-state index in [0.29, 0.717) is 37.4 Å². The Morgan fingerprint density at radius 2 is 2.15 bits per heavy atom. The Morgan fingerprint density at radius 1 is 1.40 bits per heavy atom. The summed E-state index contributed by atoms with van der Waals surface area (Å²) in [6.45, 7) is 2.51. The number of terminal acetylenes is 1. The number of sulfonamides is 1. The highest BCUT2D eigenvalue weighted by molar-refractivity contribution is 7.89. The van der Waals surface area contributed by atoms with Crippen LogP contribution in [0.5, 0.6) is 5.75 Å². The second kappa shape index (κ2) is 7.78. The predicted molar refractivity (Wildman–Crippen MR) is 79.9 cm³/mol. The van der Waals surface area contributed by atoms with Crippen LogP contribution in [0.15, 0.2) is 23.1 Å². The Labute approximate surface area is 120 Å². The van der Waals surface area contributed by atoms with Gasteiger partial charge in [0.15, 0.2) is 0 Å². The van der Waals surface area contributed by atoms with E-state index >= 15 is 0 Å². The second-order valence-corrected chi connectivity index (χ2v) is 5.93. The van der Waals surface area contributed by atoms with E-state index in [1.165, 1.54) is 6.07 Å². The van der Waals surface area contributed by atoms with Crippen LogP contribution in [0.3, 0.4) is 0 Å². The lowest BCUT2D eigenvalue weighted by molar-refractivity contribution is 0.331. The largest absolute Gasteiger partial charge is 0.492 e. The predicted octanol–water partition coefficient (Wildman–Crippen LogP) is 1.75. The summed E-state index contributed by atoms with van der Waals surface area (Å²) in [7, 11) is -3.63. The molecule has 0 aliphatic heterocycles. The van der Waals surface area contributed by atoms with E-state index in [2.05, 4.69) is 10.6 Å². The molecule has 1 aromatic carbocycles. The quantitative estimate of drug-likeness (QED) is 0.435. The third-order valence-electron chi connectivity index (χ3n) is 2.60. The van der Waals surface area contributed by atoms with Gasteiger partial charge >= 0.3 is 0 Å². The first-order chi connectivity index (χ1) is 9.51. The maximum atomic E-state index is 12.2. The molecule has 1 aromatic rings. The van der Waals surface area contributed by atoms with Crippen molar-refractivity contribution in [1.29, 1.82) is 0 Å². The Balaban J connectivity index is 2.81. The highest BCUT2D eigenvalue weighted by Crippen LogP contribution is 2.26. The van der Waals surface area contributed by atoms with Crippen molar-refractivity contribution >= 4 is 15.7 Å². The van der Waals surface area contributed by atoms with Gasteiger partial charge in [0.05, 0.1) is 6.61 Å². The van der Waals surface area contributed by atoms with Crippen molar-refractivity contribution in [2.24, 2.45) is 0 Å². The van der Waals surface area contributed by atoms with Crippen LogP contribution < -0.4 is 15.2 Å². The van der Waals surface area contributed by atoms with Gasteiger partial charge in [-0.15, -0.1) is 12.3 Å². The summed E-state index contributed by atoms with van der Waals surface area (Å²) in [5.41, 5.74) is 6.02. The summed E-state index contributed by atoms with van der Waals surface area (Å²) >= 11 is 0. The third-order valence-corrected chi connectivity index (χ3v) is 4.08. The van der Waals surface area contributed by atoms with E-state index in [1.807, 2.05) is 0 Å². The van der Waals surface area contributed by atoms with Crippen LogP contribution in [0.4, 0.5) is 5.69 Å². The number of ether oxygens (including phenoxy) is 1. The molecule has 0 fully saturated rings. The second-order valence-electron chi connectivity index (χ2n) is 4.20. The van der Waals surface area contributed by atoms with Gasteiger partial charge in [-0.25, -0.2) is 13.1 Å². The zero-order valence-corrected chi connectivity index (χ0v) is 12.4. The van der Waals surface area contributed by atoms with Gasteiger partial charge in [0.1, 0.15) is 10.6 Å². The van der Waals surface area contributed by atoms with Crippen molar-refractivity contribution in [3.05, 3.63) is 18.2 Å². The first-order valence-electron chi connectivity index (χ1n) is 6.46. The minimum absolute atomic E-state index is 0.0660. The van der Waals surface area contributed by atoms with E-state index in [-0.39, 0.29) is 4.90 Å². The number of rotatable bonds is 8. The summed E-state index contributed by atoms with van der Waals surface area (Å²) < 4.78 is 32.3. The Hall–Kier alpha value is -1.71. The van der Waals surface area contributed by atoms with Crippen molar-refractivity contribution in [2.45, 2.75) is 31.1 Å². The molecule has 0 unspecified atom stereocenters. The maximum absolute atomic E-state index is 12.2. The molecule has 0 aromatic heterocycles. The van der Waals surface area contributed by atoms with Crippen LogP contribution in [-0.4, -0.2) is 21.6 Å². The summed E-state index contributed by atoms with van der Waals surface area (Å²) in [6.07, 6.45) is 7.26. The molecule has 0 saturated carbocycles. The molecule has 0 spiro atoms. The molecule has 110 valence electrons. The molecule has 0 aliphatic carbocycles. The van der Waals surface area contributed by atoms with E-state index < -0.39 is 10.0 Å². The van der Waals surface area contributed by atoms with Crippen molar-refractivity contribution in [2.75, 3.05) is 18.9 Å². The molecule has 3 N–H and O–H groups in total. The van der Waals surface area contributed by atoms with Crippen molar-refractivity contribution in [3.63, 3.8) is 0 Å². The summed E-state index contributed by atoms with van der Waals surface area (Å²) in [5.74, 6) is 2.82. The van der Waals surface area contributed by atoms with Gasteiger partial charge in [0, 0.05) is 18.7 Å². The summed E-state index contributed by atoms with van der Waals surface area (Å²) in [4.78, 5) is 0.0660. The smallest absolute Gasteiger partial charge is 0.244 e. The van der Waals surface area contributed by atoms with Gasteiger partial charge in [0.2, 0.25) is 10.0 Å². The number of nitrogen functional groups attached to an aromatic ring is 1. The monoisotopic (exact) mass is 296 g/mol. The molecule has 5 nitrogen and oxygen atoms in total. The van der Waals surface area contributed by atoms with Crippen molar-refractivity contribution < 1.29 is 13.2 Å². The number of nitrogens with two attached hydrogens (primary N) is 1. The number of anilines is 1. The lowest BCUT2D eigenvalue weighted by Crippen LogP contribution is -2.25. The van der Waals surface area contributed by atoms with Crippen LogP contribution in [-0.2, 0) is 10.0 Å². The van der Waals surface area contributed by atoms with Crippen LogP contribution in [0.25, 0.3) is 0 Å². The van der Waals surface area contributed by atoms with Crippen molar-refractivity contribution in [3.8, 4) is 18.1 Å². The minimum Gasteiger partial charge on any atom is -0.492 e. The fourth-order valence-electron chi connectivity index (χ4n) is 1.65. The van der Waals surface area contributed by atoms with Crippen molar-refractivity contribution in [1.82, 2.24) is 4.72 Å². The molecule has 0 saturated heterocycles. The highest BCUT2D eigenvalue weighted by Gasteiger charge is 2.19. The zero-order chi connectivity index (χ0) is 15.0. The third kappa shape index (κ3) is 4.76. The van der Waals surface area contributed by atoms with Crippen LogP contribution in [0.2, 0.25) is 0 Å². The molecule has 0 radical (unpaired) electrons. The van der Waals surface area contributed by atoms with Gasteiger partial charge < -0.3 is 10.5 Å². The minimum atomic E-state index is -3.63. The van der Waals surface area contributed by atoms with Gasteiger partial charge in [0.25, 0.3) is 0 Å². The first-order valence-corrected chi connectivity index (χ1v) is 7.95. The Morgan fingerprint density at radius 3 is 2.80 bits per heavy atom. The zero-order valence-electron chi connectivity index (χ0n) is 11.6. The molecular weight excluding hydrogens is 276 g/mol. The van der Waals surface area contributed by atoms with E-state index in [1.54, 1.807) is 19.1 Å². The van der Waals surface area contributed by atoms with Gasteiger partial charge in [-0.3, -0.25) is 0 Å². The number of unbranched alkanes of at least 4 members (excludes halogenated alkanes) is 2. The lowest BCUT2D eigenvalue weighted by Gasteiger charge is -2.12. The highest BCUT2D eigenvalue weighted by atomic mass is 32.2. The standard InChI is InChI=1S/C14H20N2O3S/c1-3-5-6-7-10-16-20(17,18)14-11-12(15)8-9-13(14)19-4-2/h1,8-9,11,16H,4-7,10,15H2,2H3. The maximum Gasteiger partial charge on any atom is 0.244 e. The molecule has 0 bridgehead atoms. The number of benzene rings is 1. The van der Waals surface area contributed by atoms with Crippen LogP contribution in [0, 0.1) is 12.3 Å². The average Bonchev–Trinajstić information content (AvgIpc) is 2.40. The molecular formula is C14H20N2O3S. The Bertz CT molecular complexity index is 577. The molecule has 20 heavy (non-hydrogen) atoms. The van der Waals surface area contributed by atoms with E-state index in [4.69, 9.17) is 16.9 Å². The van der Waals surface area contributed by atoms with E-state index in [0.717, 1.165) is 6.42 Å². The topological polar surface area (TPSA) is 81.4 Å². The molecule has 0 amide bonds. The normalized spacial score (nSPS) is 11.0. The molecule has 0 atom stereocenters. The fourth-order valence-corrected chi connectivity index (χ4v) is 2.90. The van der Waals surface area contributed by atoms with Crippen LogP contribution >= 0.6 is 0 Å². The van der Waals surface area contributed by atoms with Gasteiger partial charge in [-0.05, 0) is 38.0 Å². The molecule has 6 heteroatoms. The molecule has 0 heterocycles.